The van der Waals surface area contributed by atoms with Gasteiger partial charge in [-0.15, -0.1) is 0 Å². The predicted molar refractivity (Wildman–Crippen MR) is 107 cm³/mol. The molecule has 0 saturated heterocycles. The first-order valence-corrected chi connectivity index (χ1v) is 9.00. The van der Waals surface area contributed by atoms with E-state index in [1.165, 1.54) is 5.69 Å². The molecule has 2 rings (SSSR count). The minimum atomic E-state index is -0.200. The topological polar surface area (TPSA) is 50.8 Å². The van der Waals surface area contributed by atoms with Crippen LogP contribution in [0.15, 0.2) is 42.5 Å². The van der Waals surface area contributed by atoms with Crippen molar-refractivity contribution in [3.05, 3.63) is 48.0 Å². The summed E-state index contributed by atoms with van der Waals surface area (Å²) in [4.78, 5) is 14.9. The van der Waals surface area contributed by atoms with E-state index in [0.717, 1.165) is 31.6 Å². The van der Waals surface area contributed by atoms with Crippen molar-refractivity contribution < 1.29 is 14.3 Å². The molecule has 0 aromatic heterocycles. The summed E-state index contributed by atoms with van der Waals surface area (Å²) in [7, 11) is 3.13. The van der Waals surface area contributed by atoms with E-state index >= 15 is 0 Å². The predicted octanol–water partition coefficient (Wildman–Crippen LogP) is 4.58. The second-order valence-corrected chi connectivity index (χ2v) is 6.09. The lowest BCUT2D eigenvalue weighted by atomic mass is 10.1. The summed E-state index contributed by atoms with van der Waals surface area (Å²) >= 11 is 0. The number of rotatable bonds is 9. The van der Waals surface area contributed by atoms with E-state index < -0.39 is 0 Å². The quantitative estimate of drug-likeness (QED) is 0.714. The zero-order chi connectivity index (χ0) is 18.9. The van der Waals surface area contributed by atoms with Crippen molar-refractivity contribution >= 4 is 17.3 Å². The van der Waals surface area contributed by atoms with Crippen molar-refractivity contribution in [3.63, 3.8) is 0 Å². The first-order valence-electron chi connectivity index (χ1n) is 9.00. The van der Waals surface area contributed by atoms with E-state index in [9.17, 15) is 4.79 Å². The summed E-state index contributed by atoms with van der Waals surface area (Å²) in [6.07, 6.45) is 2.21. The maximum absolute atomic E-state index is 12.5. The van der Waals surface area contributed by atoms with Crippen LogP contribution in [0.25, 0.3) is 0 Å². The third-order valence-electron chi connectivity index (χ3n) is 4.09. The molecule has 0 saturated carbocycles. The van der Waals surface area contributed by atoms with Gasteiger partial charge in [-0.25, -0.2) is 0 Å². The fourth-order valence-electron chi connectivity index (χ4n) is 2.81. The van der Waals surface area contributed by atoms with Gasteiger partial charge in [-0.05, 0) is 49.2 Å². The highest BCUT2D eigenvalue weighted by molar-refractivity contribution is 6.04. The van der Waals surface area contributed by atoms with Crippen LogP contribution in [0, 0.1) is 0 Å². The van der Waals surface area contributed by atoms with Gasteiger partial charge in [0, 0.05) is 36.1 Å². The average molecular weight is 356 g/mol. The number of nitrogens with zero attached hydrogens (tertiary/aromatic N) is 1. The lowest BCUT2D eigenvalue weighted by molar-refractivity contribution is 0.102. The molecule has 140 valence electrons. The molecule has 0 atom stereocenters. The van der Waals surface area contributed by atoms with E-state index in [1.807, 2.05) is 24.3 Å². The Kier molecular flexibility index (Phi) is 7.33. The molecule has 2 aromatic rings. The van der Waals surface area contributed by atoms with Gasteiger partial charge in [0.2, 0.25) is 0 Å². The van der Waals surface area contributed by atoms with Crippen LogP contribution in [0.1, 0.15) is 37.0 Å². The van der Waals surface area contributed by atoms with Crippen molar-refractivity contribution in [3.8, 4) is 11.5 Å². The molecular weight excluding hydrogens is 328 g/mol. The van der Waals surface area contributed by atoms with Gasteiger partial charge in [-0.3, -0.25) is 4.79 Å². The van der Waals surface area contributed by atoms with E-state index in [-0.39, 0.29) is 5.91 Å². The van der Waals surface area contributed by atoms with Crippen LogP contribution in [0.3, 0.4) is 0 Å². The molecule has 0 aliphatic heterocycles. The van der Waals surface area contributed by atoms with Crippen molar-refractivity contribution in [1.29, 1.82) is 0 Å². The lowest BCUT2D eigenvalue weighted by Gasteiger charge is -2.24. The average Bonchev–Trinajstić information content (AvgIpc) is 2.68. The summed E-state index contributed by atoms with van der Waals surface area (Å²) in [5, 5.41) is 2.92. The van der Waals surface area contributed by atoms with Gasteiger partial charge in [0.05, 0.1) is 14.2 Å². The Morgan fingerprint density at radius 3 is 1.92 bits per heavy atom. The smallest absolute Gasteiger partial charge is 0.255 e. The van der Waals surface area contributed by atoms with Crippen molar-refractivity contribution in [2.75, 3.05) is 37.5 Å². The first-order chi connectivity index (χ1) is 12.6. The summed E-state index contributed by atoms with van der Waals surface area (Å²) in [5.74, 6) is 0.966. The number of nitrogens with one attached hydrogen (secondary N) is 1. The number of anilines is 2. The molecule has 26 heavy (non-hydrogen) atoms. The highest BCUT2D eigenvalue weighted by Gasteiger charge is 2.11. The van der Waals surface area contributed by atoms with Crippen LogP contribution < -0.4 is 19.7 Å². The fourth-order valence-corrected chi connectivity index (χ4v) is 2.81. The van der Waals surface area contributed by atoms with Crippen molar-refractivity contribution in [2.24, 2.45) is 0 Å². The second-order valence-electron chi connectivity index (χ2n) is 6.09. The first kappa shape index (κ1) is 19.6. The highest BCUT2D eigenvalue weighted by atomic mass is 16.5. The molecule has 0 bridgehead atoms. The second kappa shape index (κ2) is 9.70. The molecule has 0 heterocycles. The number of carbonyl (C=O) groups excluding carboxylic acids is 1. The molecule has 0 aliphatic rings. The van der Waals surface area contributed by atoms with Crippen LogP contribution in [-0.2, 0) is 0 Å². The van der Waals surface area contributed by atoms with Crippen LogP contribution in [0.5, 0.6) is 11.5 Å². The fraction of sp³-hybridized carbons (Fsp3) is 0.381. The van der Waals surface area contributed by atoms with Crippen LogP contribution in [0.2, 0.25) is 0 Å². The summed E-state index contributed by atoms with van der Waals surface area (Å²) < 4.78 is 10.4. The highest BCUT2D eigenvalue weighted by Crippen LogP contribution is 2.24. The van der Waals surface area contributed by atoms with Gasteiger partial charge in [0.15, 0.2) is 0 Å². The summed E-state index contributed by atoms with van der Waals surface area (Å²) in [6.45, 7) is 6.42. The molecule has 0 aliphatic carbocycles. The third-order valence-corrected chi connectivity index (χ3v) is 4.09. The Balaban J connectivity index is 2.12. The maximum atomic E-state index is 12.5. The number of benzene rings is 2. The SMILES string of the molecule is CCCN(CCC)c1ccc(NC(=O)c2cc(OC)cc(OC)c2)cc1. The van der Waals surface area contributed by atoms with Gasteiger partial charge in [0.25, 0.3) is 5.91 Å². The molecule has 1 N–H and O–H groups in total. The van der Waals surface area contributed by atoms with Crippen LogP contribution in [0.4, 0.5) is 11.4 Å². The Bertz CT molecular complexity index is 685. The maximum Gasteiger partial charge on any atom is 0.255 e. The number of hydrogen-bond acceptors (Lipinski definition) is 4. The number of ether oxygens (including phenoxy) is 2. The Labute approximate surface area is 155 Å². The Morgan fingerprint density at radius 2 is 1.46 bits per heavy atom. The van der Waals surface area contributed by atoms with Crippen LogP contribution >= 0.6 is 0 Å². The van der Waals surface area contributed by atoms with E-state index in [2.05, 4.69) is 24.1 Å². The third kappa shape index (κ3) is 5.15. The minimum absolute atomic E-state index is 0.200. The zero-order valence-corrected chi connectivity index (χ0v) is 16.0. The lowest BCUT2D eigenvalue weighted by Crippen LogP contribution is -2.24. The standard InChI is InChI=1S/C21H28N2O3/c1-5-11-23(12-6-2)18-9-7-17(8-10-18)22-21(24)16-13-19(25-3)15-20(14-16)26-4/h7-10,13-15H,5-6,11-12H2,1-4H3,(H,22,24). The number of carbonyl (C=O) groups is 1. The van der Waals surface area contributed by atoms with Gasteiger partial charge in [-0.2, -0.15) is 0 Å². The van der Waals surface area contributed by atoms with Gasteiger partial charge < -0.3 is 19.7 Å². The van der Waals surface area contributed by atoms with Gasteiger partial charge in [0.1, 0.15) is 11.5 Å². The van der Waals surface area contributed by atoms with E-state index in [0.29, 0.717) is 17.1 Å². The van der Waals surface area contributed by atoms with Gasteiger partial charge >= 0.3 is 0 Å². The van der Waals surface area contributed by atoms with Crippen molar-refractivity contribution in [1.82, 2.24) is 0 Å². The largest absolute Gasteiger partial charge is 0.497 e. The molecule has 0 fully saturated rings. The normalized spacial score (nSPS) is 10.3. The molecule has 0 spiro atoms. The van der Waals surface area contributed by atoms with E-state index in [1.54, 1.807) is 32.4 Å². The van der Waals surface area contributed by atoms with E-state index in [4.69, 9.17) is 9.47 Å². The molecule has 2 aromatic carbocycles. The Hall–Kier alpha value is -2.69. The van der Waals surface area contributed by atoms with Gasteiger partial charge in [-0.1, -0.05) is 13.8 Å². The Morgan fingerprint density at radius 1 is 0.923 bits per heavy atom. The zero-order valence-electron chi connectivity index (χ0n) is 16.0. The minimum Gasteiger partial charge on any atom is -0.497 e. The number of methoxy groups -OCH3 is 2. The molecule has 1 amide bonds. The monoisotopic (exact) mass is 356 g/mol. The number of amides is 1. The van der Waals surface area contributed by atoms with Crippen LogP contribution in [-0.4, -0.2) is 33.2 Å². The molecular formula is C21H28N2O3. The number of hydrogen-bond donors (Lipinski definition) is 1. The molecule has 0 unspecified atom stereocenters. The molecule has 5 heteroatoms. The summed E-state index contributed by atoms with van der Waals surface area (Å²) in [5.41, 5.74) is 2.42. The summed E-state index contributed by atoms with van der Waals surface area (Å²) in [6, 6.07) is 13.1. The molecule has 0 radical (unpaired) electrons. The molecule has 5 nitrogen and oxygen atoms in total. The van der Waals surface area contributed by atoms with Crippen molar-refractivity contribution in [2.45, 2.75) is 26.7 Å².